The SMILES string of the molecule is CCCCCOc1ccc(/C(O)=C2\C(=O)C(=O)N(c3cccc(OCC)c3)C2c2c[nH]c3ccccc23)cc1. The van der Waals surface area contributed by atoms with Crippen LogP contribution >= 0.6 is 0 Å². The monoisotopic (exact) mass is 524 g/mol. The number of ketones is 1. The van der Waals surface area contributed by atoms with Gasteiger partial charge in [0.25, 0.3) is 11.7 Å². The molecule has 7 nitrogen and oxygen atoms in total. The molecule has 5 rings (SSSR count). The van der Waals surface area contributed by atoms with Crippen LogP contribution in [0.4, 0.5) is 5.69 Å². The molecule has 1 aliphatic heterocycles. The second-order valence-electron chi connectivity index (χ2n) is 9.47. The molecule has 1 amide bonds. The molecular weight excluding hydrogens is 492 g/mol. The number of aliphatic hydroxyl groups is 1. The van der Waals surface area contributed by atoms with E-state index in [1.54, 1.807) is 54.7 Å². The fraction of sp³-hybridized carbons (Fsp3) is 0.250. The number of aromatic nitrogens is 1. The predicted octanol–water partition coefficient (Wildman–Crippen LogP) is 6.76. The molecule has 0 bridgehead atoms. The molecular formula is C32H32N2O5. The van der Waals surface area contributed by atoms with Crippen molar-refractivity contribution in [2.75, 3.05) is 18.1 Å². The van der Waals surface area contributed by atoms with Crippen LogP contribution < -0.4 is 14.4 Å². The lowest BCUT2D eigenvalue weighted by Crippen LogP contribution is -2.29. The van der Waals surface area contributed by atoms with Crippen molar-refractivity contribution in [3.05, 3.63) is 95.7 Å². The van der Waals surface area contributed by atoms with Gasteiger partial charge in [-0.3, -0.25) is 14.5 Å². The van der Waals surface area contributed by atoms with E-state index >= 15 is 0 Å². The number of nitrogens with zero attached hydrogens (tertiary/aromatic N) is 1. The van der Waals surface area contributed by atoms with E-state index < -0.39 is 17.7 Å². The Balaban J connectivity index is 1.60. The highest BCUT2D eigenvalue weighted by atomic mass is 16.5. The lowest BCUT2D eigenvalue weighted by Gasteiger charge is -2.25. The summed E-state index contributed by atoms with van der Waals surface area (Å²) >= 11 is 0. The number of nitrogens with one attached hydrogen (secondary N) is 1. The summed E-state index contributed by atoms with van der Waals surface area (Å²) in [5.41, 5.74) is 2.55. The number of hydrogen-bond acceptors (Lipinski definition) is 5. The topological polar surface area (TPSA) is 91.9 Å². The molecule has 39 heavy (non-hydrogen) atoms. The van der Waals surface area contributed by atoms with E-state index in [1.165, 1.54) is 4.90 Å². The highest BCUT2D eigenvalue weighted by Crippen LogP contribution is 2.44. The summed E-state index contributed by atoms with van der Waals surface area (Å²) in [5.74, 6) is -0.418. The molecule has 7 heteroatoms. The first-order valence-electron chi connectivity index (χ1n) is 13.4. The predicted molar refractivity (Wildman–Crippen MR) is 152 cm³/mol. The molecule has 1 aliphatic rings. The first-order valence-corrected chi connectivity index (χ1v) is 13.4. The fourth-order valence-electron chi connectivity index (χ4n) is 5.01. The zero-order valence-corrected chi connectivity index (χ0v) is 22.1. The van der Waals surface area contributed by atoms with Gasteiger partial charge in [0.2, 0.25) is 0 Å². The largest absolute Gasteiger partial charge is 0.507 e. The molecule has 1 fully saturated rings. The number of aromatic amines is 1. The Morgan fingerprint density at radius 2 is 1.72 bits per heavy atom. The van der Waals surface area contributed by atoms with Gasteiger partial charge < -0.3 is 19.6 Å². The van der Waals surface area contributed by atoms with Crippen molar-refractivity contribution in [3.63, 3.8) is 0 Å². The van der Waals surface area contributed by atoms with Crippen molar-refractivity contribution in [1.82, 2.24) is 4.98 Å². The Bertz CT molecular complexity index is 1520. The molecule has 0 spiro atoms. The Hall–Kier alpha value is -4.52. The summed E-state index contributed by atoms with van der Waals surface area (Å²) in [6.45, 7) is 5.10. The van der Waals surface area contributed by atoms with Crippen LogP contribution in [0.5, 0.6) is 11.5 Å². The van der Waals surface area contributed by atoms with E-state index in [-0.39, 0.29) is 11.3 Å². The van der Waals surface area contributed by atoms with Gasteiger partial charge in [-0.1, -0.05) is 44.0 Å². The minimum atomic E-state index is -0.844. The van der Waals surface area contributed by atoms with Crippen LogP contribution in [0.3, 0.4) is 0 Å². The second-order valence-corrected chi connectivity index (χ2v) is 9.47. The third kappa shape index (κ3) is 5.12. The number of anilines is 1. The maximum absolute atomic E-state index is 13.6. The lowest BCUT2D eigenvalue weighted by atomic mass is 9.94. The molecule has 4 aromatic rings. The van der Waals surface area contributed by atoms with Crippen LogP contribution in [0.25, 0.3) is 16.7 Å². The molecule has 3 aromatic carbocycles. The van der Waals surface area contributed by atoms with E-state index in [0.717, 1.165) is 30.2 Å². The summed E-state index contributed by atoms with van der Waals surface area (Å²) < 4.78 is 11.5. The van der Waals surface area contributed by atoms with Gasteiger partial charge in [-0.05, 0) is 55.8 Å². The van der Waals surface area contributed by atoms with E-state index in [4.69, 9.17) is 9.47 Å². The molecule has 1 unspecified atom stereocenters. The fourth-order valence-corrected chi connectivity index (χ4v) is 5.01. The average Bonchev–Trinajstić information content (AvgIpc) is 3.49. The van der Waals surface area contributed by atoms with Gasteiger partial charge in [0.05, 0.1) is 24.8 Å². The number of carbonyl (C=O) groups excluding carboxylic acids is 2. The lowest BCUT2D eigenvalue weighted by molar-refractivity contribution is -0.132. The van der Waals surface area contributed by atoms with Gasteiger partial charge in [0.1, 0.15) is 17.3 Å². The van der Waals surface area contributed by atoms with Gasteiger partial charge in [-0.25, -0.2) is 0 Å². The van der Waals surface area contributed by atoms with E-state index in [1.807, 2.05) is 31.2 Å². The molecule has 1 aromatic heterocycles. The number of rotatable bonds is 10. The molecule has 0 saturated carbocycles. The van der Waals surface area contributed by atoms with Crippen molar-refractivity contribution in [1.29, 1.82) is 0 Å². The minimum Gasteiger partial charge on any atom is -0.507 e. The number of amides is 1. The van der Waals surface area contributed by atoms with Crippen LogP contribution in [-0.4, -0.2) is 35.0 Å². The van der Waals surface area contributed by atoms with Crippen molar-refractivity contribution in [2.24, 2.45) is 0 Å². The van der Waals surface area contributed by atoms with Crippen molar-refractivity contribution >= 4 is 34.0 Å². The van der Waals surface area contributed by atoms with Gasteiger partial charge >= 0.3 is 0 Å². The van der Waals surface area contributed by atoms with E-state index in [9.17, 15) is 14.7 Å². The number of aliphatic hydroxyl groups excluding tert-OH is 1. The average molecular weight is 525 g/mol. The number of fused-ring (bicyclic) bond motifs is 1. The zero-order valence-electron chi connectivity index (χ0n) is 22.1. The van der Waals surface area contributed by atoms with Gasteiger partial charge in [0, 0.05) is 40.0 Å². The van der Waals surface area contributed by atoms with E-state index in [0.29, 0.717) is 41.5 Å². The number of para-hydroxylation sites is 1. The van der Waals surface area contributed by atoms with E-state index in [2.05, 4.69) is 11.9 Å². The Morgan fingerprint density at radius 3 is 2.49 bits per heavy atom. The van der Waals surface area contributed by atoms with Crippen LogP contribution in [0, 0.1) is 0 Å². The minimum absolute atomic E-state index is 0.0307. The quantitative estimate of drug-likeness (QED) is 0.103. The smallest absolute Gasteiger partial charge is 0.300 e. The molecule has 0 radical (unpaired) electrons. The Kier molecular flexibility index (Phi) is 7.68. The summed E-state index contributed by atoms with van der Waals surface area (Å²) in [7, 11) is 0. The first kappa shape index (κ1) is 26.1. The zero-order chi connectivity index (χ0) is 27.4. The second kappa shape index (κ2) is 11.5. The Labute approximate surface area is 227 Å². The molecule has 2 N–H and O–H groups in total. The third-order valence-corrected chi connectivity index (χ3v) is 6.91. The summed E-state index contributed by atoms with van der Waals surface area (Å²) in [4.78, 5) is 31.8. The molecule has 2 heterocycles. The van der Waals surface area contributed by atoms with Crippen molar-refractivity contribution in [3.8, 4) is 11.5 Å². The standard InChI is InChI=1S/C32H32N2O5/c1-3-5-8-18-39-23-16-14-21(15-17-23)30(35)28-29(26-20-33-27-13-7-6-12-25(26)27)34(32(37)31(28)36)22-10-9-11-24(19-22)38-4-2/h6-7,9-17,19-20,29,33,35H,3-5,8,18H2,1-2H3/b30-28+. The number of unbranched alkanes of at least 4 members (excludes halogenated alkanes) is 2. The highest BCUT2D eigenvalue weighted by molar-refractivity contribution is 6.51. The number of hydrogen-bond donors (Lipinski definition) is 2. The Morgan fingerprint density at radius 1 is 0.923 bits per heavy atom. The van der Waals surface area contributed by atoms with Gasteiger partial charge in [-0.2, -0.15) is 0 Å². The number of Topliss-reactive ketones (excluding diaryl/α,β-unsaturated/α-hetero) is 1. The maximum Gasteiger partial charge on any atom is 0.300 e. The number of benzene rings is 3. The first-order chi connectivity index (χ1) is 19.0. The van der Waals surface area contributed by atoms with Crippen LogP contribution in [0.1, 0.15) is 50.3 Å². The highest BCUT2D eigenvalue weighted by Gasteiger charge is 2.47. The summed E-state index contributed by atoms with van der Waals surface area (Å²) in [6.07, 6.45) is 4.97. The van der Waals surface area contributed by atoms with Crippen LogP contribution in [0.15, 0.2) is 84.6 Å². The van der Waals surface area contributed by atoms with Crippen molar-refractivity contribution in [2.45, 2.75) is 39.2 Å². The van der Waals surface area contributed by atoms with Gasteiger partial charge in [-0.15, -0.1) is 0 Å². The summed E-state index contributed by atoms with van der Waals surface area (Å²) in [5, 5.41) is 12.4. The molecule has 0 aliphatic carbocycles. The molecule has 1 atom stereocenters. The normalized spacial score (nSPS) is 16.7. The molecule has 1 saturated heterocycles. The number of ether oxygens (including phenoxy) is 2. The third-order valence-electron chi connectivity index (χ3n) is 6.91. The summed E-state index contributed by atoms with van der Waals surface area (Å²) in [6, 6.07) is 20.9. The maximum atomic E-state index is 13.6. The number of carbonyl (C=O) groups is 2. The van der Waals surface area contributed by atoms with Crippen molar-refractivity contribution < 1.29 is 24.2 Å². The van der Waals surface area contributed by atoms with Crippen LogP contribution in [0.2, 0.25) is 0 Å². The molecule has 200 valence electrons. The van der Waals surface area contributed by atoms with Gasteiger partial charge in [0.15, 0.2) is 0 Å². The number of H-pyrrole nitrogens is 1. The van der Waals surface area contributed by atoms with Crippen LogP contribution in [-0.2, 0) is 9.59 Å².